The molecule has 0 aliphatic carbocycles. The molecule has 10 heteroatoms. The SMILES string of the molecule is CCOC(=O)c1noc(C(NC(=O)c2nn(CCCN)c3ccccc23)C(C)(C)C)n1. The molecule has 0 saturated carbocycles. The topological polar surface area (TPSA) is 138 Å². The van der Waals surface area contributed by atoms with E-state index in [-0.39, 0.29) is 24.2 Å². The highest BCUT2D eigenvalue weighted by molar-refractivity contribution is 6.05. The van der Waals surface area contributed by atoms with Crippen LogP contribution in [0, 0.1) is 5.41 Å². The Bertz CT molecular complexity index is 1070. The molecule has 2 aromatic heterocycles. The molecule has 3 aromatic rings. The maximum atomic E-state index is 13.2. The lowest BCUT2D eigenvalue weighted by molar-refractivity contribution is 0.0508. The number of amides is 1. The minimum atomic E-state index is -0.680. The largest absolute Gasteiger partial charge is 0.460 e. The van der Waals surface area contributed by atoms with E-state index in [0.717, 1.165) is 17.3 Å². The van der Waals surface area contributed by atoms with Gasteiger partial charge >= 0.3 is 5.97 Å². The number of aryl methyl sites for hydroxylation is 1. The number of nitrogens with two attached hydrogens (primary N) is 1. The van der Waals surface area contributed by atoms with Crippen molar-refractivity contribution in [1.82, 2.24) is 25.2 Å². The fourth-order valence-electron chi connectivity index (χ4n) is 3.19. The van der Waals surface area contributed by atoms with Crippen molar-refractivity contribution in [2.24, 2.45) is 11.1 Å². The molecular weight excluding hydrogens is 400 g/mol. The number of hydrogen-bond donors (Lipinski definition) is 2. The van der Waals surface area contributed by atoms with Gasteiger partial charge in [0, 0.05) is 11.9 Å². The van der Waals surface area contributed by atoms with Crippen LogP contribution >= 0.6 is 0 Å². The number of carbonyl (C=O) groups is 2. The molecule has 1 aromatic carbocycles. The van der Waals surface area contributed by atoms with Crippen molar-refractivity contribution in [3.63, 3.8) is 0 Å². The van der Waals surface area contributed by atoms with Gasteiger partial charge in [0.05, 0.1) is 12.1 Å². The van der Waals surface area contributed by atoms with Crippen LogP contribution in [0.2, 0.25) is 0 Å². The van der Waals surface area contributed by atoms with Crippen LogP contribution in [0.15, 0.2) is 28.8 Å². The van der Waals surface area contributed by atoms with Crippen LogP contribution in [-0.2, 0) is 11.3 Å². The van der Waals surface area contributed by atoms with Gasteiger partial charge in [0.1, 0.15) is 6.04 Å². The second kappa shape index (κ2) is 9.25. The summed E-state index contributed by atoms with van der Waals surface area (Å²) < 4.78 is 12.0. The molecule has 0 aliphatic rings. The maximum absolute atomic E-state index is 13.2. The van der Waals surface area contributed by atoms with E-state index in [1.807, 2.05) is 45.0 Å². The summed E-state index contributed by atoms with van der Waals surface area (Å²) in [4.78, 5) is 29.3. The standard InChI is InChI=1S/C21H28N6O4/c1-5-30-20(29)17-24-19(31-26-17)16(21(2,3)4)23-18(28)15-13-9-6-7-10-14(13)27(25-15)12-8-11-22/h6-7,9-10,16H,5,8,11-12,22H2,1-4H3,(H,23,28). The summed E-state index contributed by atoms with van der Waals surface area (Å²) in [7, 11) is 0. The first-order valence-electron chi connectivity index (χ1n) is 10.2. The van der Waals surface area contributed by atoms with Crippen LogP contribution in [0.4, 0.5) is 0 Å². The van der Waals surface area contributed by atoms with Gasteiger partial charge in [-0.15, -0.1) is 0 Å². The first kappa shape index (κ1) is 22.4. The molecule has 1 amide bonds. The van der Waals surface area contributed by atoms with Crippen molar-refractivity contribution in [1.29, 1.82) is 0 Å². The number of rotatable bonds is 8. The van der Waals surface area contributed by atoms with E-state index in [1.165, 1.54) is 0 Å². The first-order chi connectivity index (χ1) is 14.8. The van der Waals surface area contributed by atoms with Crippen molar-refractivity contribution in [3.05, 3.63) is 41.7 Å². The lowest BCUT2D eigenvalue weighted by Crippen LogP contribution is -2.37. The summed E-state index contributed by atoms with van der Waals surface area (Å²) in [6, 6.07) is 6.88. The third-order valence-corrected chi connectivity index (χ3v) is 4.74. The van der Waals surface area contributed by atoms with Crippen molar-refractivity contribution < 1.29 is 18.8 Å². The van der Waals surface area contributed by atoms with Crippen molar-refractivity contribution in [2.75, 3.05) is 13.2 Å². The Labute approximate surface area is 180 Å². The Hall–Kier alpha value is -3.27. The van der Waals surface area contributed by atoms with Crippen molar-refractivity contribution >= 4 is 22.8 Å². The lowest BCUT2D eigenvalue weighted by atomic mass is 9.86. The average molecular weight is 428 g/mol. The van der Waals surface area contributed by atoms with Crippen LogP contribution in [0.25, 0.3) is 10.9 Å². The van der Waals surface area contributed by atoms with E-state index >= 15 is 0 Å². The van der Waals surface area contributed by atoms with Crippen LogP contribution < -0.4 is 11.1 Å². The molecule has 3 N–H and O–H groups in total. The Balaban J connectivity index is 1.91. The van der Waals surface area contributed by atoms with Crippen molar-refractivity contribution in [3.8, 4) is 0 Å². The van der Waals surface area contributed by atoms with E-state index in [2.05, 4.69) is 20.6 Å². The Kier molecular flexibility index (Phi) is 6.69. The van der Waals surface area contributed by atoms with Gasteiger partial charge in [0.25, 0.3) is 11.7 Å². The third-order valence-electron chi connectivity index (χ3n) is 4.74. The molecule has 1 unspecified atom stereocenters. The van der Waals surface area contributed by atoms with Crippen LogP contribution in [0.5, 0.6) is 0 Å². The quantitative estimate of drug-likeness (QED) is 0.522. The van der Waals surface area contributed by atoms with E-state index in [0.29, 0.717) is 18.8 Å². The fraction of sp³-hybridized carbons (Fsp3) is 0.476. The molecule has 31 heavy (non-hydrogen) atoms. The number of carbonyl (C=O) groups excluding carboxylic acids is 2. The second-order valence-electron chi connectivity index (χ2n) is 8.18. The third kappa shape index (κ3) is 4.91. The Morgan fingerprint density at radius 2 is 2.03 bits per heavy atom. The molecule has 0 fully saturated rings. The highest BCUT2D eigenvalue weighted by Gasteiger charge is 2.35. The Morgan fingerprint density at radius 3 is 2.71 bits per heavy atom. The molecule has 0 spiro atoms. The summed E-state index contributed by atoms with van der Waals surface area (Å²) in [5.74, 6) is -1.12. The smallest absolute Gasteiger partial charge is 0.379 e. The number of esters is 1. The van der Waals surface area contributed by atoms with Crippen molar-refractivity contribution in [2.45, 2.75) is 46.7 Å². The highest BCUT2D eigenvalue weighted by atomic mass is 16.5. The van der Waals surface area contributed by atoms with Crippen LogP contribution in [0.1, 0.15) is 67.2 Å². The molecule has 0 aliphatic heterocycles. The maximum Gasteiger partial charge on any atom is 0.379 e. The van der Waals surface area contributed by atoms with Gasteiger partial charge in [-0.3, -0.25) is 9.48 Å². The number of nitrogens with zero attached hydrogens (tertiary/aromatic N) is 4. The average Bonchev–Trinajstić information content (AvgIpc) is 3.35. The number of aromatic nitrogens is 4. The molecule has 0 radical (unpaired) electrons. The number of ether oxygens (including phenoxy) is 1. The Morgan fingerprint density at radius 1 is 1.29 bits per heavy atom. The molecule has 2 heterocycles. The van der Waals surface area contributed by atoms with E-state index in [9.17, 15) is 9.59 Å². The lowest BCUT2D eigenvalue weighted by Gasteiger charge is -2.28. The minimum absolute atomic E-state index is 0.121. The highest BCUT2D eigenvalue weighted by Crippen LogP contribution is 2.32. The normalized spacial score (nSPS) is 12.7. The van der Waals surface area contributed by atoms with Gasteiger partial charge in [-0.05, 0) is 36.5 Å². The van der Waals surface area contributed by atoms with Crippen LogP contribution in [0.3, 0.4) is 0 Å². The molecular formula is C21H28N6O4. The summed E-state index contributed by atoms with van der Waals surface area (Å²) in [5.41, 5.74) is 6.31. The number of nitrogens with one attached hydrogen (secondary N) is 1. The zero-order valence-corrected chi connectivity index (χ0v) is 18.2. The number of fused-ring (bicyclic) bond motifs is 1. The van der Waals surface area contributed by atoms with E-state index in [4.69, 9.17) is 15.0 Å². The zero-order valence-electron chi connectivity index (χ0n) is 18.2. The van der Waals surface area contributed by atoms with Gasteiger partial charge in [-0.1, -0.05) is 39.0 Å². The molecule has 1 atom stereocenters. The van der Waals surface area contributed by atoms with Gasteiger partial charge in [0.15, 0.2) is 5.69 Å². The molecule has 0 bridgehead atoms. The van der Waals surface area contributed by atoms with Crippen LogP contribution in [-0.4, -0.2) is 44.9 Å². The minimum Gasteiger partial charge on any atom is -0.460 e. The summed E-state index contributed by atoms with van der Waals surface area (Å²) in [6.45, 7) is 8.79. The monoisotopic (exact) mass is 428 g/mol. The first-order valence-corrected chi connectivity index (χ1v) is 10.2. The van der Waals surface area contributed by atoms with Gasteiger partial charge in [0.2, 0.25) is 5.89 Å². The second-order valence-corrected chi connectivity index (χ2v) is 8.18. The molecule has 166 valence electrons. The number of para-hydroxylation sites is 1. The fourth-order valence-corrected chi connectivity index (χ4v) is 3.19. The zero-order chi connectivity index (χ0) is 22.6. The molecule has 10 nitrogen and oxygen atoms in total. The summed E-state index contributed by atoms with van der Waals surface area (Å²) in [6.07, 6.45) is 0.746. The van der Waals surface area contributed by atoms with E-state index < -0.39 is 17.4 Å². The van der Waals surface area contributed by atoms with Gasteiger partial charge in [-0.2, -0.15) is 10.1 Å². The predicted octanol–water partition coefficient (Wildman–Crippen LogP) is 2.46. The van der Waals surface area contributed by atoms with Gasteiger partial charge in [-0.25, -0.2) is 4.79 Å². The molecule has 3 rings (SSSR count). The summed E-state index contributed by atoms with van der Waals surface area (Å²) in [5, 5.41) is 11.9. The number of benzene rings is 1. The summed E-state index contributed by atoms with van der Waals surface area (Å²) >= 11 is 0. The predicted molar refractivity (Wildman–Crippen MR) is 113 cm³/mol. The number of hydrogen-bond acceptors (Lipinski definition) is 8. The van der Waals surface area contributed by atoms with Gasteiger partial charge < -0.3 is 20.3 Å². The molecule has 0 saturated heterocycles. The van der Waals surface area contributed by atoms with E-state index in [1.54, 1.807) is 11.6 Å².